The molecular weight excluding hydrogens is 864 g/mol. The Morgan fingerprint density at radius 2 is 0.763 bits per heavy atom. The lowest BCUT2D eigenvalue weighted by atomic mass is 9.63. The number of fused-ring (bicyclic) bond motifs is 7. The third kappa shape index (κ3) is 5.06. The Hall–Kier alpha value is 0.540. The molecular formula is C32H32Br6. The van der Waals surface area contributed by atoms with Crippen molar-refractivity contribution >= 4 is 95.6 Å². The zero-order chi connectivity index (χ0) is 26.9. The van der Waals surface area contributed by atoms with Crippen LogP contribution in [0.3, 0.4) is 0 Å². The average molecular weight is 896 g/mol. The van der Waals surface area contributed by atoms with Gasteiger partial charge >= 0.3 is 0 Å². The van der Waals surface area contributed by atoms with E-state index in [9.17, 15) is 0 Å². The fourth-order valence-corrected chi connectivity index (χ4v) is 9.22. The first-order chi connectivity index (χ1) is 18.5. The van der Waals surface area contributed by atoms with E-state index in [1.165, 1.54) is 42.3 Å². The maximum absolute atomic E-state index is 3.85. The molecule has 0 fully saturated rings. The number of halogens is 6. The quantitative estimate of drug-likeness (QED) is 0.159. The van der Waals surface area contributed by atoms with E-state index in [0.29, 0.717) is 0 Å². The smallest absolute Gasteiger partial charge is 0.0219 e. The highest BCUT2D eigenvalue weighted by Gasteiger charge is 2.51. The van der Waals surface area contributed by atoms with Gasteiger partial charge in [0.2, 0.25) is 0 Å². The van der Waals surface area contributed by atoms with E-state index >= 15 is 0 Å². The van der Waals surface area contributed by atoms with Crippen LogP contribution in [0.25, 0.3) is 22.3 Å². The van der Waals surface area contributed by atoms with Gasteiger partial charge in [0.1, 0.15) is 0 Å². The van der Waals surface area contributed by atoms with Crippen LogP contribution < -0.4 is 0 Å². The summed E-state index contributed by atoms with van der Waals surface area (Å²) in [4.78, 5) is 0. The standard InChI is InChI=1S/C32H32Br6/c33-15-1-11-31(12-2-16-34)27-19-21(37)5-7-23(27)25-9-10-26-24-8-6-22(38)20-28(24)32(13-3-17-35,14-4-18-36)30(26)29(25)31/h5-10,19-20H,1-4,11-18H2. The van der Waals surface area contributed by atoms with Gasteiger partial charge in [0, 0.05) is 41.1 Å². The van der Waals surface area contributed by atoms with Crippen LogP contribution >= 0.6 is 95.6 Å². The van der Waals surface area contributed by atoms with Crippen LogP contribution in [0.4, 0.5) is 0 Å². The predicted octanol–water partition coefficient (Wildman–Crippen LogP) is 12.4. The van der Waals surface area contributed by atoms with E-state index in [1.807, 2.05) is 0 Å². The Bertz CT molecular complexity index is 1200. The molecule has 0 saturated heterocycles. The van der Waals surface area contributed by atoms with Gasteiger partial charge in [-0.15, -0.1) is 0 Å². The molecule has 0 aromatic heterocycles. The number of rotatable bonds is 12. The molecule has 0 aliphatic heterocycles. The van der Waals surface area contributed by atoms with Gasteiger partial charge in [0.05, 0.1) is 0 Å². The molecule has 0 saturated carbocycles. The van der Waals surface area contributed by atoms with Crippen molar-refractivity contribution in [1.82, 2.24) is 0 Å². The third-order valence-corrected chi connectivity index (χ3v) is 11.9. The Balaban J connectivity index is 1.88. The summed E-state index contributed by atoms with van der Waals surface area (Å²) in [5, 5.41) is 4.12. The summed E-state index contributed by atoms with van der Waals surface area (Å²) in [6, 6.07) is 19.0. The summed E-state index contributed by atoms with van der Waals surface area (Å²) in [5.41, 5.74) is 12.1. The molecule has 0 amide bonds. The van der Waals surface area contributed by atoms with E-state index < -0.39 is 0 Å². The summed E-state index contributed by atoms with van der Waals surface area (Å²) < 4.78 is 2.36. The largest absolute Gasteiger partial charge is 0.0928 e. The van der Waals surface area contributed by atoms with Crippen molar-refractivity contribution in [1.29, 1.82) is 0 Å². The van der Waals surface area contributed by atoms with E-state index in [0.717, 1.165) is 72.7 Å². The van der Waals surface area contributed by atoms with Crippen molar-refractivity contribution in [2.24, 2.45) is 0 Å². The highest BCUT2D eigenvalue weighted by Crippen LogP contribution is 2.64. The molecule has 0 N–H and O–H groups in total. The first kappa shape index (κ1) is 30.0. The fourth-order valence-electron chi connectivity index (χ4n) is 7.37. The summed E-state index contributed by atoms with van der Waals surface area (Å²) in [5.74, 6) is 0. The van der Waals surface area contributed by atoms with Crippen molar-refractivity contribution in [3.63, 3.8) is 0 Å². The molecule has 2 aliphatic rings. The molecule has 0 atom stereocenters. The summed E-state index contributed by atoms with van der Waals surface area (Å²) >= 11 is 22.9. The van der Waals surface area contributed by atoms with E-state index in [4.69, 9.17) is 0 Å². The lowest BCUT2D eigenvalue weighted by molar-refractivity contribution is 0.402. The van der Waals surface area contributed by atoms with Crippen LogP contribution in [0.15, 0.2) is 57.5 Å². The third-order valence-electron chi connectivity index (χ3n) is 8.69. The Labute approximate surface area is 278 Å². The monoisotopic (exact) mass is 890 g/mol. The highest BCUT2D eigenvalue weighted by atomic mass is 79.9. The molecule has 3 aromatic rings. The van der Waals surface area contributed by atoms with Gasteiger partial charge in [-0.2, -0.15) is 0 Å². The zero-order valence-corrected chi connectivity index (χ0v) is 30.9. The van der Waals surface area contributed by atoms with Crippen molar-refractivity contribution in [3.05, 3.63) is 79.7 Å². The van der Waals surface area contributed by atoms with Crippen LogP contribution in [-0.2, 0) is 10.8 Å². The maximum atomic E-state index is 3.85. The number of hydrogen-bond acceptors (Lipinski definition) is 0. The van der Waals surface area contributed by atoms with Gasteiger partial charge in [-0.25, -0.2) is 0 Å². The lowest BCUT2D eigenvalue weighted by Gasteiger charge is -2.40. The first-order valence-electron chi connectivity index (χ1n) is 13.5. The topological polar surface area (TPSA) is 0 Å². The fraction of sp³-hybridized carbons (Fsp3) is 0.438. The minimum atomic E-state index is 0.00859. The summed E-state index contributed by atoms with van der Waals surface area (Å²) in [7, 11) is 0. The van der Waals surface area contributed by atoms with Crippen LogP contribution in [0.5, 0.6) is 0 Å². The van der Waals surface area contributed by atoms with Crippen LogP contribution in [0, 0.1) is 0 Å². The molecule has 5 rings (SSSR count). The van der Waals surface area contributed by atoms with E-state index in [1.54, 1.807) is 11.1 Å². The second kappa shape index (κ2) is 12.8. The number of alkyl halides is 4. The molecule has 0 unspecified atom stereocenters. The van der Waals surface area contributed by atoms with Gasteiger partial charge in [0.15, 0.2) is 0 Å². The van der Waals surface area contributed by atoms with Gasteiger partial charge in [-0.05, 0) is 120 Å². The number of benzene rings is 3. The molecule has 0 radical (unpaired) electrons. The van der Waals surface area contributed by atoms with Crippen LogP contribution in [0.1, 0.15) is 73.6 Å². The zero-order valence-electron chi connectivity index (χ0n) is 21.4. The molecule has 6 heteroatoms. The average Bonchev–Trinajstić information content (AvgIpc) is 3.35. The van der Waals surface area contributed by atoms with Gasteiger partial charge < -0.3 is 0 Å². The van der Waals surface area contributed by atoms with Crippen molar-refractivity contribution in [2.75, 3.05) is 21.3 Å². The molecule has 0 spiro atoms. The summed E-state index contributed by atoms with van der Waals surface area (Å²) in [6.07, 6.45) is 9.27. The van der Waals surface area contributed by atoms with E-state index in [-0.39, 0.29) is 10.8 Å². The molecule has 3 aromatic carbocycles. The van der Waals surface area contributed by atoms with Crippen LogP contribution in [-0.4, -0.2) is 21.3 Å². The highest BCUT2D eigenvalue weighted by molar-refractivity contribution is 9.11. The first-order valence-corrected chi connectivity index (χ1v) is 19.6. The SMILES string of the molecule is BrCCCC1(CCCBr)c2cc(Br)ccc2-c2ccc3c(c21)C(CCCBr)(CCCBr)c1cc(Br)ccc1-3. The lowest BCUT2D eigenvalue weighted by Crippen LogP contribution is -2.33. The van der Waals surface area contributed by atoms with Crippen LogP contribution in [0.2, 0.25) is 0 Å². The Morgan fingerprint density at radius 1 is 0.447 bits per heavy atom. The Kier molecular flexibility index (Phi) is 10.1. The number of hydrogen-bond donors (Lipinski definition) is 0. The predicted molar refractivity (Wildman–Crippen MR) is 186 cm³/mol. The molecule has 0 heterocycles. The molecule has 202 valence electrons. The second-order valence-corrected chi connectivity index (χ2v) is 15.6. The van der Waals surface area contributed by atoms with Gasteiger partial charge in [0.25, 0.3) is 0 Å². The second-order valence-electron chi connectivity index (χ2n) is 10.6. The normalized spacial score (nSPS) is 15.7. The van der Waals surface area contributed by atoms with E-state index in [2.05, 4.69) is 144 Å². The van der Waals surface area contributed by atoms with Crippen molar-refractivity contribution in [3.8, 4) is 22.3 Å². The molecule has 38 heavy (non-hydrogen) atoms. The maximum Gasteiger partial charge on any atom is 0.0219 e. The molecule has 0 nitrogen and oxygen atoms in total. The Morgan fingerprint density at radius 3 is 1.08 bits per heavy atom. The molecule has 2 aliphatic carbocycles. The van der Waals surface area contributed by atoms with Crippen molar-refractivity contribution < 1.29 is 0 Å². The van der Waals surface area contributed by atoms with Crippen molar-refractivity contribution in [2.45, 2.75) is 62.2 Å². The van der Waals surface area contributed by atoms with Gasteiger partial charge in [-0.3, -0.25) is 0 Å². The summed E-state index contributed by atoms with van der Waals surface area (Å²) in [6.45, 7) is 0. The minimum absolute atomic E-state index is 0.00859. The van der Waals surface area contributed by atoms with Gasteiger partial charge in [-0.1, -0.05) is 120 Å². The molecule has 0 bridgehead atoms. The minimum Gasteiger partial charge on any atom is -0.0928 e.